The van der Waals surface area contributed by atoms with Crippen LogP contribution >= 0.6 is 11.8 Å². The Hall–Kier alpha value is 0.270. The Labute approximate surface area is 59.9 Å². The lowest BCUT2D eigenvalue weighted by Crippen LogP contribution is -2.13. The van der Waals surface area contributed by atoms with E-state index < -0.39 is 0 Å². The molecule has 2 atom stereocenters. The molecular weight excluding hydrogens is 136 g/mol. The molecule has 1 saturated heterocycles. The third-order valence-electron chi connectivity index (χ3n) is 1.25. The van der Waals surface area contributed by atoms with Crippen LogP contribution in [0.25, 0.3) is 0 Å². The van der Waals surface area contributed by atoms with Gasteiger partial charge in [0.25, 0.3) is 0 Å². The molecule has 1 heterocycles. The Bertz CT molecular complexity index is 85.1. The van der Waals surface area contributed by atoms with Gasteiger partial charge in [-0.25, -0.2) is 0 Å². The Kier molecular flexibility index (Phi) is 2.82. The number of hydrogen-bond acceptors (Lipinski definition) is 3. The average molecular weight is 148 g/mol. The second-order valence-corrected chi connectivity index (χ2v) is 3.03. The molecule has 3 heteroatoms. The predicted molar refractivity (Wildman–Crippen MR) is 38.7 cm³/mol. The van der Waals surface area contributed by atoms with Gasteiger partial charge in [-0.15, -0.1) is 0 Å². The summed E-state index contributed by atoms with van der Waals surface area (Å²) in [6.45, 7) is 2.70. The van der Waals surface area contributed by atoms with E-state index in [1.807, 2.05) is 6.92 Å². The van der Waals surface area contributed by atoms with Crippen molar-refractivity contribution in [2.75, 3.05) is 18.6 Å². The first-order valence-electron chi connectivity index (χ1n) is 3.09. The minimum Gasteiger partial charge on any atom is -0.350 e. The second-order valence-electron chi connectivity index (χ2n) is 2.11. The molecule has 0 saturated carbocycles. The Balaban J connectivity index is 2.14. The van der Waals surface area contributed by atoms with Gasteiger partial charge >= 0.3 is 0 Å². The van der Waals surface area contributed by atoms with Crippen LogP contribution < -0.4 is 0 Å². The van der Waals surface area contributed by atoms with Gasteiger partial charge in [0.15, 0.2) is 6.29 Å². The molecule has 2 nitrogen and oxygen atoms in total. The van der Waals surface area contributed by atoms with E-state index in [1.165, 1.54) is 0 Å². The van der Waals surface area contributed by atoms with Crippen LogP contribution in [0.15, 0.2) is 0 Å². The highest BCUT2D eigenvalue weighted by Crippen LogP contribution is 2.13. The smallest absolute Gasteiger partial charge is 0.155 e. The molecule has 0 bridgehead atoms. The number of thioether (sulfide) groups is 1. The van der Waals surface area contributed by atoms with Crippen LogP contribution in [0.2, 0.25) is 0 Å². The molecule has 0 aromatic carbocycles. The van der Waals surface area contributed by atoms with Crippen LogP contribution in [-0.4, -0.2) is 31.0 Å². The van der Waals surface area contributed by atoms with E-state index in [0.29, 0.717) is 6.10 Å². The minimum atomic E-state index is 0.0159. The van der Waals surface area contributed by atoms with Gasteiger partial charge in [-0.05, 0) is 13.2 Å². The molecule has 0 aromatic rings. The first-order chi connectivity index (χ1) is 4.33. The Morgan fingerprint density at radius 3 is 2.89 bits per heavy atom. The number of ether oxygens (including phenoxy) is 2. The van der Waals surface area contributed by atoms with Gasteiger partial charge < -0.3 is 9.47 Å². The van der Waals surface area contributed by atoms with Gasteiger partial charge in [-0.1, -0.05) is 0 Å². The van der Waals surface area contributed by atoms with E-state index in [9.17, 15) is 0 Å². The molecule has 9 heavy (non-hydrogen) atoms. The zero-order valence-electron chi connectivity index (χ0n) is 5.79. The fourth-order valence-electron chi connectivity index (χ4n) is 0.866. The fraction of sp³-hybridized carbons (Fsp3) is 1.00. The van der Waals surface area contributed by atoms with Crippen molar-refractivity contribution in [3.05, 3.63) is 0 Å². The molecule has 0 aromatic heterocycles. The average Bonchev–Trinajstić information content (AvgIpc) is 2.17. The van der Waals surface area contributed by atoms with Gasteiger partial charge in [-0.2, -0.15) is 11.8 Å². The maximum Gasteiger partial charge on any atom is 0.155 e. The topological polar surface area (TPSA) is 18.5 Å². The van der Waals surface area contributed by atoms with E-state index in [-0.39, 0.29) is 6.29 Å². The summed E-state index contributed by atoms with van der Waals surface area (Å²) in [5.74, 6) is 1.05. The highest BCUT2D eigenvalue weighted by atomic mass is 32.2. The summed E-state index contributed by atoms with van der Waals surface area (Å²) in [6, 6.07) is 0. The van der Waals surface area contributed by atoms with Crippen LogP contribution in [-0.2, 0) is 9.47 Å². The summed E-state index contributed by atoms with van der Waals surface area (Å²) < 4.78 is 10.5. The number of rotatable bonds is 2. The van der Waals surface area contributed by atoms with Crippen molar-refractivity contribution in [3.63, 3.8) is 0 Å². The van der Waals surface area contributed by atoms with Crippen LogP contribution in [0.3, 0.4) is 0 Å². The van der Waals surface area contributed by atoms with Crippen LogP contribution in [0.1, 0.15) is 6.92 Å². The van der Waals surface area contributed by atoms with E-state index in [2.05, 4.69) is 6.26 Å². The maximum atomic E-state index is 5.36. The van der Waals surface area contributed by atoms with Gasteiger partial charge in [0, 0.05) is 5.75 Å². The molecular formula is C6H12O2S. The van der Waals surface area contributed by atoms with Gasteiger partial charge in [-0.3, -0.25) is 0 Å². The summed E-state index contributed by atoms with van der Waals surface area (Å²) >= 11 is 1.80. The molecule has 54 valence electrons. The van der Waals surface area contributed by atoms with Crippen LogP contribution in [0, 0.1) is 0 Å². The van der Waals surface area contributed by atoms with Crippen LogP contribution in [0.5, 0.6) is 0 Å². The SMILES string of the molecule is CSCC1COC(C)O1. The van der Waals surface area contributed by atoms with Gasteiger partial charge in [0.1, 0.15) is 0 Å². The third-order valence-corrected chi connectivity index (χ3v) is 1.96. The van der Waals surface area contributed by atoms with Crippen molar-refractivity contribution in [1.29, 1.82) is 0 Å². The predicted octanol–water partition coefficient (Wildman–Crippen LogP) is 1.11. The van der Waals surface area contributed by atoms with E-state index in [1.54, 1.807) is 11.8 Å². The zero-order chi connectivity index (χ0) is 6.69. The molecule has 2 unspecified atom stereocenters. The summed E-state index contributed by atoms with van der Waals surface area (Å²) in [7, 11) is 0. The van der Waals surface area contributed by atoms with E-state index in [0.717, 1.165) is 12.4 Å². The molecule has 0 N–H and O–H groups in total. The quantitative estimate of drug-likeness (QED) is 0.584. The lowest BCUT2D eigenvalue weighted by molar-refractivity contribution is -0.0382. The lowest BCUT2D eigenvalue weighted by Gasteiger charge is -2.04. The van der Waals surface area contributed by atoms with Crippen molar-refractivity contribution >= 4 is 11.8 Å². The highest BCUT2D eigenvalue weighted by molar-refractivity contribution is 7.98. The van der Waals surface area contributed by atoms with Crippen molar-refractivity contribution in [1.82, 2.24) is 0 Å². The van der Waals surface area contributed by atoms with E-state index >= 15 is 0 Å². The van der Waals surface area contributed by atoms with Crippen molar-refractivity contribution in [3.8, 4) is 0 Å². The minimum absolute atomic E-state index is 0.0159. The van der Waals surface area contributed by atoms with Crippen molar-refractivity contribution in [2.45, 2.75) is 19.3 Å². The standard InChI is InChI=1S/C6H12O2S/c1-5-7-3-6(8-5)4-9-2/h5-6H,3-4H2,1-2H3. The summed E-state index contributed by atoms with van der Waals surface area (Å²) in [5, 5.41) is 0. The summed E-state index contributed by atoms with van der Waals surface area (Å²) in [4.78, 5) is 0. The maximum absolute atomic E-state index is 5.36. The third kappa shape index (κ3) is 2.16. The summed E-state index contributed by atoms with van der Waals surface area (Å²) in [6.07, 6.45) is 2.42. The monoisotopic (exact) mass is 148 g/mol. The van der Waals surface area contributed by atoms with Gasteiger partial charge in [0.2, 0.25) is 0 Å². The Morgan fingerprint density at radius 1 is 1.67 bits per heavy atom. The van der Waals surface area contributed by atoms with Crippen molar-refractivity contribution < 1.29 is 9.47 Å². The second kappa shape index (κ2) is 3.44. The lowest BCUT2D eigenvalue weighted by atomic mass is 10.4. The molecule has 1 aliphatic heterocycles. The molecule has 1 fully saturated rings. The van der Waals surface area contributed by atoms with Crippen LogP contribution in [0.4, 0.5) is 0 Å². The fourth-order valence-corrected chi connectivity index (χ4v) is 1.41. The van der Waals surface area contributed by atoms with Gasteiger partial charge in [0.05, 0.1) is 12.7 Å². The first-order valence-corrected chi connectivity index (χ1v) is 4.48. The molecule has 1 rings (SSSR count). The molecule has 0 radical (unpaired) electrons. The van der Waals surface area contributed by atoms with Crippen molar-refractivity contribution in [2.24, 2.45) is 0 Å². The zero-order valence-corrected chi connectivity index (χ0v) is 6.61. The molecule has 0 spiro atoms. The molecule has 0 aliphatic carbocycles. The summed E-state index contributed by atoms with van der Waals surface area (Å²) in [5.41, 5.74) is 0. The molecule has 0 amide bonds. The largest absolute Gasteiger partial charge is 0.350 e. The molecule has 1 aliphatic rings. The highest BCUT2D eigenvalue weighted by Gasteiger charge is 2.20. The van der Waals surface area contributed by atoms with E-state index in [4.69, 9.17) is 9.47 Å². The first kappa shape index (κ1) is 7.38. The normalized spacial score (nSPS) is 35.3. The number of hydrogen-bond donors (Lipinski definition) is 0. The Morgan fingerprint density at radius 2 is 2.44 bits per heavy atom.